The lowest BCUT2D eigenvalue weighted by atomic mass is 10.2. The van der Waals surface area contributed by atoms with Crippen molar-refractivity contribution in [2.45, 2.75) is 57.0 Å². The molecule has 0 bridgehead atoms. The summed E-state index contributed by atoms with van der Waals surface area (Å²) in [5.41, 5.74) is 0.694. The Labute approximate surface area is 113 Å². The fraction of sp³-hybridized carbons (Fsp3) is 0.692. The number of rotatable bonds is 7. The second kappa shape index (κ2) is 7.59. The van der Waals surface area contributed by atoms with Crippen molar-refractivity contribution in [3.63, 3.8) is 0 Å². The van der Waals surface area contributed by atoms with Crippen LogP contribution >= 0.6 is 11.8 Å². The molecule has 1 rings (SSSR count). The Bertz CT molecular complexity index is 419. The Morgan fingerprint density at radius 2 is 2.22 bits per heavy atom. The third-order valence-corrected chi connectivity index (χ3v) is 3.60. The Morgan fingerprint density at radius 1 is 1.50 bits per heavy atom. The molecule has 5 heteroatoms. The number of H-pyrrole nitrogens is 1. The van der Waals surface area contributed by atoms with Crippen molar-refractivity contribution in [3.8, 4) is 0 Å². The molecule has 1 aromatic rings. The highest BCUT2D eigenvalue weighted by Gasteiger charge is 2.11. The van der Waals surface area contributed by atoms with E-state index in [1.807, 2.05) is 6.92 Å². The first-order chi connectivity index (χ1) is 8.51. The van der Waals surface area contributed by atoms with Crippen molar-refractivity contribution < 1.29 is 0 Å². The van der Waals surface area contributed by atoms with Gasteiger partial charge in [0.1, 0.15) is 0 Å². The third-order valence-electron chi connectivity index (χ3n) is 2.59. The fourth-order valence-electron chi connectivity index (χ4n) is 1.82. The summed E-state index contributed by atoms with van der Waals surface area (Å²) in [6.07, 6.45) is 2.21. The summed E-state index contributed by atoms with van der Waals surface area (Å²) in [7, 11) is 0. The molecule has 0 saturated carbocycles. The molecule has 2 N–H and O–H groups in total. The quantitative estimate of drug-likeness (QED) is 0.589. The average molecular weight is 269 g/mol. The standard InChI is InChI=1S/C13H23N3OS/c1-5-6-14-9(2)7-11(4)18-13-15-10(3)8-12(17)16-13/h8-9,11,14H,5-7H2,1-4H3,(H,15,16,17). The molecule has 1 heterocycles. The summed E-state index contributed by atoms with van der Waals surface area (Å²) in [6, 6.07) is 2.00. The molecule has 0 spiro atoms. The largest absolute Gasteiger partial charge is 0.314 e. The maximum atomic E-state index is 11.3. The summed E-state index contributed by atoms with van der Waals surface area (Å²) in [4.78, 5) is 18.4. The number of aromatic amines is 1. The molecule has 2 unspecified atom stereocenters. The minimum absolute atomic E-state index is 0.0747. The minimum atomic E-state index is -0.0747. The molecular formula is C13H23N3OS. The Kier molecular flexibility index (Phi) is 6.43. The fourth-order valence-corrected chi connectivity index (χ4v) is 2.94. The Hall–Kier alpha value is -0.810. The predicted molar refractivity (Wildman–Crippen MR) is 77.3 cm³/mol. The van der Waals surface area contributed by atoms with Crippen LogP contribution in [0.2, 0.25) is 0 Å². The lowest BCUT2D eigenvalue weighted by Gasteiger charge is -2.17. The van der Waals surface area contributed by atoms with E-state index in [9.17, 15) is 4.79 Å². The van der Waals surface area contributed by atoms with E-state index in [4.69, 9.17) is 0 Å². The third kappa shape index (κ3) is 5.69. The molecule has 1 aromatic heterocycles. The van der Waals surface area contributed by atoms with Gasteiger partial charge in [-0.05, 0) is 33.2 Å². The second-order valence-corrected chi connectivity index (χ2v) is 6.14. The number of aromatic nitrogens is 2. The van der Waals surface area contributed by atoms with Crippen LogP contribution in [0.5, 0.6) is 0 Å². The summed E-state index contributed by atoms with van der Waals surface area (Å²) >= 11 is 1.63. The highest BCUT2D eigenvalue weighted by atomic mass is 32.2. The number of aryl methyl sites for hydroxylation is 1. The minimum Gasteiger partial charge on any atom is -0.314 e. The van der Waals surface area contributed by atoms with Gasteiger partial charge < -0.3 is 10.3 Å². The van der Waals surface area contributed by atoms with E-state index in [0.717, 1.165) is 30.2 Å². The van der Waals surface area contributed by atoms with Crippen LogP contribution in [0.15, 0.2) is 16.0 Å². The van der Waals surface area contributed by atoms with Crippen LogP contribution < -0.4 is 10.9 Å². The molecule has 0 aromatic carbocycles. The lowest BCUT2D eigenvalue weighted by molar-refractivity contribution is 0.513. The van der Waals surface area contributed by atoms with E-state index < -0.39 is 0 Å². The average Bonchev–Trinajstić information content (AvgIpc) is 2.24. The summed E-state index contributed by atoms with van der Waals surface area (Å²) < 4.78 is 0. The molecule has 0 fully saturated rings. The van der Waals surface area contributed by atoms with Crippen molar-refractivity contribution in [1.82, 2.24) is 15.3 Å². The molecule has 0 amide bonds. The van der Waals surface area contributed by atoms with Crippen molar-refractivity contribution in [1.29, 1.82) is 0 Å². The highest BCUT2D eigenvalue weighted by Crippen LogP contribution is 2.21. The first-order valence-corrected chi connectivity index (χ1v) is 7.37. The van der Waals surface area contributed by atoms with Gasteiger partial charge in [0, 0.05) is 23.1 Å². The van der Waals surface area contributed by atoms with Gasteiger partial charge in [-0.25, -0.2) is 4.98 Å². The lowest BCUT2D eigenvalue weighted by Crippen LogP contribution is -2.29. The zero-order valence-electron chi connectivity index (χ0n) is 11.6. The molecule has 0 saturated heterocycles. The van der Waals surface area contributed by atoms with Crippen LogP contribution in [-0.2, 0) is 0 Å². The van der Waals surface area contributed by atoms with Gasteiger partial charge >= 0.3 is 0 Å². The van der Waals surface area contributed by atoms with Gasteiger partial charge in [0.05, 0.1) is 0 Å². The molecule has 102 valence electrons. The number of nitrogens with one attached hydrogen (secondary N) is 2. The van der Waals surface area contributed by atoms with Gasteiger partial charge in [0.2, 0.25) is 0 Å². The molecular weight excluding hydrogens is 246 g/mol. The molecule has 0 aliphatic rings. The number of nitrogens with zero attached hydrogens (tertiary/aromatic N) is 1. The van der Waals surface area contributed by atoms with E-state index in [1.165, 1.54) is 6.07 Å². The first kappa shape index (κ1) is 15.2. The second-order valence-electron chi connectivity index (χ2n) is 4.71. The van der Waals surface area contributed by atoms with Gasteiger partial charge in [-0.15, -0.1) is 0 Å². The molecule has 2 atom stereocenters. The molecule has 18 heavy (non-hydrogen) atoms. The van der Waals surface area contributed by atoms with Gasteiger partial charge in [0.15, 0.2) is 5.16 Å². The van der Waals surface area contributed by atoms with Crippen LogP contribution in [0.3, 0.4) is 0 Å². The van der Waals surface area contributed by atoms with Crippen molar-refractivity contribution in [2.24, 2.45) is 0 Å². The summed E-state index contributed by atoms with van der Waals surface area (Å²) in [5.74, 6) is 0. The maximum absolute atomic E-state index is 11.3. The smallest absolute Gasteiger partial charge is 0.251 e. The molecule has 0 aliphatic heterocycles. The number of thioether (sulfide) groups is 1. The van der Waals surface area contributed by atoms with Gasteiger partial charge in [-0.1, -0.05) is 25.6 Å². The van der Waals surface area contributed by atoms with Gasteiger partial charge in [-0.3, -0.25) is 4.79 Å². The van der Waals surface area contributed by atoms with E-state index in [-0.39, 0.29) is 5.56 Å². The maximum Gasteiger partial charge on any atom is 0.251 e. The van der Waals surface area contributed by atoms with Crippen LogP contribution in [0.4, 0.5) is 0 Å². The monoisotopic (exact) mass is 269 g/mol. The predicted octanol–water partition coefficient (Wildman–Crippen LogP) is 2.34. The van der Waals surface area contributed by atoms with Crippen LogP contribution in [0, 0.1) is 6.92 Å². The van der Waals surface area contributed by atoms with Crippen molar-refractivity contribution >= 4 is 11.8 Å². The molecule has 4 nitrogen and oxygen atoms in total. The van der Waals surface area contributed by atoms with Gasteiger partial charge in [0.25, 0.3) is 5.56 Å². The Morgan fingerprint density at radius 3 is 2.83 bits per heavy atom. The van der Waals surface area contributed by atoms with Crippen molar-refractivity contribution in [2.75, 3.05) is 6.54 Å². The molecule has 0 aliphatic carbocycles. The van der Waals surface area contributed by atoms with E-state index in [2.05, 4.69) is 36.1 Å². The Balaban J connectivity index is 2.48. The number of hydrogen-bond acceptors (Lipinski definition) is 4. The summed E-state index contributed by atoms with van der Waals surface area (Å²) in [5, 5.41) is 4.61. The summed E-state index contributed by atoms with van der Waals surface area (Å²) in [6.45, 7) is 9.42. The van der Waals surface area contributed by atoms with Gasteiger partial charge in [-0.2, -0.15) is 0 Å². The van der Waals surface area contributed by atoms with Crippen LogP contribution in [-0.4, -0.2) is 27.8 Å². The highest BCUT2D eigenvalue weighted by molar-refractivity contribution is 7.99. The van der Waals surface area contributed by atoms with E-state index in [1.54, 1.807) is 11.8 Å². The van der Waals surface area contributed by atoms with E-state index >= 15 is 0 Å². The molecule has 0 radical (unpaired) electrons. The normalized spacial score (nSPS) is 14.4. The van der Waals surface area contributed by atoms with E-state index in [0.29, 0.717) is 11.3 Å². The van der Waals surface area contributed by atoms with Crippen LogP contribution in [0.1, 0.15) is 39.3 Å². The van der Waals surface area contributed by atoms with Crippen LogP contribution in [0.25, 0.3) is 0 Å². The topological polar surface area (TPSA) is 57.8 Å². The SMILES string of the molecule is CCCNC(C)CC(C)Sc1nc(C)cc(=O)[nH]1. The first-order valence-electron chi connectivity index (χ1n) is 6.49. The zero-order chi connectivity index (χ0) is 13.5. The zero-order valence-corrected chi connectivity index (χ0v) is 12.4. The van der Waals surface area contributed by atoms with Crippen molar-refractivity contribution in [3.05, 3.63) is 22.1 Å². The number of hydrogen-bond donors (Lipinski definition) is 2.